The van der Waals surface area contributed by atoms with Gasteiger partial charge in [-0.05, 0) is 12.8 Å². The van der Waals surface area contributed by atoms with Crippen molar-refractivity contribution in [2.75, 3.05) is 5.75 Å². The molecule has 1 N–H and O–H groups in total. The van der Waals surface area contributed by atoms with Crippen LogP contribution in [0, 0.1) is 0 Å². The Morgan fingerprint density at radius 3 is 1.93 bits per heavy atom. The van der Waals surface area contributed by atoms with Crippen LogP contribution in [0.2, 0.25) is 0 Å². The molecule has 0 bridgehead atoms. The quantitative estimate of drug-likeness (QED) is 0.700. The molecule has 0 aromatic rings. The van der Waals surface area contributed by atoms with Crippen LogP contribution in [0.5, 0.6) is 0 Å². The van der Waals surface area contributed by atoms with Gasteiger partial charge in [0, 0.05) is 6.04 Å². The van der Waals surface area contributed by atoms with Crippen molar-refractivity contribution in [3.05, 3.63) is 0 Å². The van der Waals surface area contributed by atoms with Gasteiger partial charge in [-0.25, -0.2) is 0 Å². The molecule has 0 radical (unpaired) electrons. The molecule has 0 aromatic heterocycles. The lowest BCUT2D eigenvalue weighted by Crippen LogP contribution is -2.35. The Kier molecular flexibility index (Phi) is 6.90. The Hall–Kier alpha value is -0.180. The third-order valence-corrected chi connectivity index (χ3v) is 3.40. The molecular weight excluding hydrogens is 206 g/mol. The molecule has 1 aliphatic rings. The summed E-state index contributed by atoms with van der Waals surface area (Å²) in [4.78, 5) is 11.2. The molecule has 0 atom stereocenters. The van der Waals surface area contributed by atoms with Gasteiger partial charge in [-0.15, -0.1) is 0 Å². The number of hydrogen-bond donors (Lipinski definition) is 2. The first-order valence-electron chi connectivity index (χ1n) is 6.23. The van der Waals surface area contributed by atoms with E-state index in [2.05, 4.69) is 17.9 Å². The van der Waals surface area contributed by atoms with E-state index in [1.54, 1.807) is 0 Å². The van der Waals surface area contributed by atoms with Crippen LogP contribution >= 0.6 is 12.6 Å². The van der Waals surface area contributed by atoms with Crippen LogP contribution in [-0.2, 0) is 4.79 Å². The average Bonchev–Trinajstić information content (AvgIpc) is 2.27. The second-order valence-electron chi connectivity index (χ2n) is 4.47. The molecule has 0 aliphatic heterocycles. The molecule has 1 aliphatic carbocycles. The highest BCUT2D eigenvalue weighted by Gasteiger charge is 2.11. The topological polar surface area (TPSA) is 29.1 Å². The average molecular weight is 229 g/mol. The molecule has 15 heavy (non-hydrogen) atoms. The van der Waals surface area contributed by atoms with Gasteiger partial charge in [-0.1, -0.05) is 44.9 Å². The number of amides is 1. The highest BCUT2D eigenvalue weighted by atomic mass is 32.1. The Morgan fingerprint density at radius 2 is 1.47 bits per heavy atom. The van der Waals surface area contributed by atoms with Gasteiger partial charge in [0.25, 0.3) is 0 Å². The summed E-state index contributed by atoms with van der Waals surface area (Å²) in [6.45, 7) is 0. The van der Waals surface area contributed by atoms with Crippen LogP contribution in [0.1, 0.15) is 57.8 Å². The summed E-state index contributed by atoms with van der Waals surface area (Å²) in [7, 11) is 0. The number of carbonyl (C=O) groups excluding carboxylic acids is 1. The summed E-state index contributed by atoms with van der Waals surface area (Å²) in [5.74, 6) is 0.400. The lowest BCUT2D eigenvalue weighted by atomic mass is 9.97. The van der Waals surface area contributed by atoms with Gasteiger partial charge in [-0.2, -0.15) is 12.6 Å². The van der Waals surface area contributed by atoms with E-state index in [-0.39, 0.29) is 5.91 Å². The monoisotopic (exact) mass is 229 g/mol. The lowest BCUT2D eigenvalue weighted by molar-refractivity contribution is -0.119. The van der Waals surface area contributed by atoms with Crippen LogP contribution in [0.3, 0.4) is 0 Å². The van der Waals surface area contributed by atoms with Crippen molar-refractivity contribution in [1.82, 2.24) is 5.32 Å². The first-order valence-corrected chi connectivity index (χ1v) is 6.86. The first kappa shape index (κ1) is 12.9. The van der Waals surface area contributed by atoms with E-state index in [1.807, 2.05) is 0 Å². The minimum atomic E-state index is 0.0837. The molecule has 3 heteroatoms. The van der Waals surface area contributed by atoms with Crippen molar-refractivity contribution in [2.24, 2.45) is 0 Å². The maximum atomic E-state index is 11.2. The van der Waals surface area contributed by atoms with E-state index in [0.29, 0.717) is 11.8 Å². The van der Waals surface area contributed by atoms with Gasteiger partial charge in [0.05, 0.1) is 5.75 Å². The molecule has 0 aromatic carbocycles. The van der Waals surface area contributed by atoms with Gasteiger partial charge in [-0.3, -0.25) is 4.79 Å². The molecule has 0 saturated heterocycles. The highest BCUT2D eigenvalue weighted by molar-refractivity contribution is 7.81. The Morgan fingerprint density at radius 1 is 1.00 bits per heavy atom. The summed E-state index contributed by atoms with van der Waals surface area (Å²) in [6.07, 6.45) is 11.6. The van der Waals surface area contributed by atoms with Crippen molar-refractivity contribution in [2.45, 2.75) is 63.8 Å². The zero-order valence-electron chi connectivity index (χ0n) is 9.50. The zero-order valence-corrected chi connectivity index (χ0v) is 10.4. The maximum Gasteiger partial charge on any atom is 0.229 e. The van der Waals surface area contributed by atoms with Crippen molar-refractivity contribution in [1.29, 1.82) is 0 Å². The molecular formula is C12H23NOS. The summed E-state index contributed by atoms with van der Waals surface area (Å²) >= 11 is 3.99. The molecule has 1 fully saturated rings. The van der Waals surface area contributed by atoms with E-state index in [1.165, 1.54) is 44.9 Å². The summed E-state index contributed by atoms with van der Waals surface area (Å²) in [5.41, 5.74) is 0. The molecule has 1 saturated carbocycles. The minimum absolute atomic E-state index is 0.0837. The van der Waals surface area contributed by atoms with Gasteiger partial charge in [0.15, 0.2) is 0 Å². The largest absolute Gasteiger partial charge is 0.353 e. The Bertz CT molecular complexity index is 174. The fourth-order valence-corrected chi connectivity index (χ4v) is 2.32. The fraction of sp³-hybridized carbons (Fsp3) is 0.917. The highest BCUT2D eigenvalue weighted by Crippen LogP contribution is 2.16. The molecule has 2 nitrogen and oxygen atoms in total. The van der Waals surface area contributed by atoms with Crippen molar-refractivity contribution in [3.63, 3.8) is 0 Å². The van der Waals surface area contributed by atoms with E-state index in [0.717, 1.165) is 12.8 Å². The number of nitrogens with one attached hydrogen (secondary N) is 1. The van der Waals surface area contributed by atoms with E-state index in [9.17, 15) is 4.79 Å². The Labute approximate surface area is 98.6 Å². The van der Waals surface area contributed by atoms with Crippen molar-refractivity contribution < 1.29 is 4.79 Å². The SMILES string of the molecule is O=C(CS)NC1CCCCCCCCC1. The molecule has 88 valence electrons. The molecule has 1 amide bonds. The molecule has 1 rings (SSSR count). The van der Waals surface area contributed by atoms with Crippen LogP contribution < -0.4 is 5.32 Å². The van der Waals surface area contributed by atoms with Crippen LogP contribution in [0.15, 0.2) is 0 Å². The third-order valence-electron chi connectivity index (χ3n) is 3.11. The van der Waals surface area contributed by atoms with Gasteiger partial charge in [0.2, 0.25) is 5.91 Å². The zero-order chi connectivity index (χ0) is 10.9. The van der Waals surface area contributed by atoms with Gasteiger partial charge < -0.3 is 5.32 Å². The first-order chi connectivity index (χ1) is 7.33. The Balaban J connectivity index is 2.28. The van der Waals surface area contributed by atoms with Gasteiger partial charge in [0.1, 0.15) is 0 Å². The number of hydrogen-bond acceptors (Lipinski definition) is 2. The van der Waals surface area contributed by atoms with Crippen LogP contribution in [0.25, 0.3) is 0 Å². The number of carbonyl (C=O) groups is 1. The van der Waals surface area contributed by atoms with E-state index < -0.39 is 0 Å². The summed E-state index contributed by atoms with van der Waals surface area (Å²) in [6, 6.07) is 0.405. The smallest absolute Gasteiger partial charge is 0.229 e. The summed E-state index contributed by atoms with van der Waals surface area (Å²) in [5, 5.41) is 3.07. The number of rotatable bonds is 2. The molecule has 0 unspecified atom stereocenters. The summed E-state index contributed by atoms with van der Waals surface area (Å²) < 4.78 is 0. The van der Waals surface area contributed by atoms with Crippen LogP contribution in [-0.4, -0.2) is 17.7 Å². The van der Waals surface area contributed by atoms with Crippen molar-refractivity contribution in [3.8, 4) is 0 Å². The fourth-order valence-electron chi connectivity index (χ4n) is 2.23. The van der Waals surface area contributed by atoms with Crippen LogP contribution in [0.4, 0.5) is 0 Å². The second kappa shape index (κ2) is 8.03. The van der Waals surface area contributed by atoms with Gasteiger partial charge >= 0.3 is 0 Å². The second-order valence-corrected chi connectivity index (χ2v) is 4.79. The van der Waals surface area contributed by atoms with E-state index >= 15 is 0 Å². The predicted molar refractivity (Wildman–Crippen MR) is 67.3 cm³/mol. The van der Waals surface area contributed by atoms with Crippen molar-refractivity contribution >= 4 is 18.5 Å². The molecule has 0 heterocycles. The predicted octanol–water partition coefficient (Wildman–Crippen LogP) is 2.93. The minimum Gasteiger partial charge on any atom is -0.353 e. The lowest BCUT2D eigenvalue weighted by Gasteiger charge is -2.19. The third kappa shape index (κ3) is 6.08. The molecule has 0 spiro atoms. The number of thiol groups is 1. The van der Waals surface area contributed by atoms with E-state index in [4.69, 9.17) is 0 Å². The standard InChI is InChI=1S/C12H23NOS/c14-12(10-15)13-11-8-6-4-2-1-3-5-7-9-11/h11,15H,1-10H2,(H,13,14). The maximum absolute atomic E-state index is 11.2. The normalized spacial score (nSPS) is 20.9.